The molecule has 8 nitrogen and oxygen atoms in total. The Hall–Kier alpha value is -3.42. The number of benzene rings is 2. The first kappa shape index (κ1) is 16.9. The highest BCUT2D eigenvalue weighted by atomic mass is 16.6. The second-order valence-electron chi connectivity index (χ2n) is 4.84. The van der Waals surface area contributed by atoms with Crippen LogP contribution in [0.3, 0.4) is 0 Å². The van der Waals surface area contributed by atoms with Crippen molar-refractivity contribution in [2.45, 2.75) is 6.42 Å². The number of hydrogen-bond acceptors (Lipinski definition) is 6. The third-order valence-electron chi connectivity index (χ3n) is 3.20. The molecule has 0 saturated heterocycles. The zero-order chi connectivity index (χ0) is 17.7. The highest BCUT2D eigenvalue weighted by Crippen LogP contribution is 2.27. The van der Waals surface area contributed by atoms with Crippen molar-refractivity contribution in [1.82, 2.24) is 0 Å². The van der Waals surface area contributed by atoms with Gasteiger partial charge in [-0.15, -0.1) is 0 Å². The number of carbonyl (C=O) groups excluding carboxylic acids is 2. The van der Waals surface area contributed by atoms with Crippen LogP contribution >= 0.6 is 0 Å². The molecule has 2 aromatic rings. The van der Waals surface area contributed by atoms with Gasteiger partial charge in [0, 0.05) is 29.7 Å². The van der Waals surface area contributed by atoms with E-state index in [2.05, 4.69) is 5.32 Å². The Labute approximate surface area is 136 Å². The summed E-state index contributed by atoms with van der Waals surface area (Å²) in [5, 5.41) is 24.1. The molecule has 0 atom stereocenters. The molecule has 0 fully saturated rings. The Kier molecular flexibility index (Phi) is 5.10. The summed E-state index contributed by atoms with van der Waals surface area (Å²) < 4.78 is 4.88. The van der Waals surface area contributed by atoms with E-state index in [1.165, 1.54) is 31.4 Å². The molecule has 24 heavy (non-hydrogen) atoms. The lowest BCUT2D eigenvalue weighted by atomic mass is 10.1. The number of nitrogens with one attached hydrogen (secondary N) is 1. The van der Waals surface area contributed by atoms with Crippen LogP contribution in [-0.2, 0) is 11.2 Å². The Morgan fingerprint density at radius 3 is 2.38 bits per heavy atom. The first-order valence-corrected chi connectivity index (χ1v) is 6.83. The first-order chi connectivity index (χ1) is 11.4. The van der Waals surface area contributed by atoms with Gasteiger partial charge < -0.3 is 20.0 Å². The third-order valence-corrected chi connectivity index (χ3v) is 3.20. The average Bonchev–Trinajstić information content (AvgIpc) is 2.55. The van der Waals surface area contributed by atoms with Crippen LogP contribution in [0.5, 0.6) is 5.75 Å². The van der Waals surface area contributed by atoms with Crippen molar-refractivity contribution in [2.24, 2.45) is 0 Å². The number of ether oxygens (including phenoxy) is 1. The lowest BCUT2D eigenvalue weighted by Gasteiger charge is -2.08. The average molecular weight is 329 g/mol. The Balaban J connectivity index is 2.16. The fraction of sp³-hybridized carbons (Fsp3) is 0.125. The van der Waals surface area contributed by atoms with Crippen LogP contribution in [0.4, 0.5) is 11.4 Å². The van der Waals surface area contributed by atoms with Crippen molar-refractivity contribution in [3.63, 3.8) is 0 Å². The monoisotopic (exact) mass is 329 g/mol. The van der Waals surface area contributed by atoms with Gasteiger partial charge in [0.1, 0.15) is 0 Å². The van der Waals surface area contributed by atoms with E-state index in [1.54, 1.807) is 12.1 Å². The van der Waals surface area contributed by atoms with Gasteiger partial charge in [-0.2, -0.15) is 0 Å². The molecule has 1 amide bonds. The maximum atomic E-state index is 12.2. The van der Waals surface area contributed by atoms with Crippen LogP contribution in [0.25, 0.3) is 0 Å². The molecular formula is C16H13N2O6-. The number of nitro benzene ring substituents is 1. The number of rotatable bonds is 6. The summed E-state index contributed by atoms with van der Waals surface area (Å²) in [7, 11) is 1.30. The first-order valence-electron chi connectivity index (χ1n) is 6.83. The number of anilines is 1. The summed E-state index contributed by atoms with van der Waals surface area (Å²) in [6, 6.07) is 10.0. The van der Waals surface area contributed by atoms with E-state index in [9.17, 15) is 24.8 Å². The summed E-state index contributed by atoms with van der Waals surface area (Å²) in [6.07, 6.45) is -0.223. The second kappa shape index (κ2) is 7.23. The molecule has 124 valence electrons. The number of nitro groups is 1. The standard InChI is InChI=1S/C16H14N2O6/c1-24-14-7-4-11(9-13(14)18(22)23)16(21)17-12-5-2-10(3-6-12)8-15(19)20/h2-7,9H,8H2,1H3,(H,17,21)(H,19,20)/p-1. The quantitative estimate of drug-likeness (QED) is 0.626. The maximum absolute atomic E-state index is 12.2. The zero-order valence-electron chi connectivity index (χ0n) is 12.6. The van der Waals surface area contributed by atoms with E-state index in [0.717, 1.165) is 6.07 Å². The van der Waals surface area contributed by atoms with Crippen LogP contribution in [0.15, 0.2) is 42.5 Å². The second-order valence-corrected chi connectivity index (χ2v) is 4.84. The van der Waals surface area contributed by atoms with E-state index in [4.69, 9.17) is 4.74 Å². The number of amides is 1. The molecule has 0 bridgehead atoms. The lowest BCUT2D eigenvalue weighted by Crippen LogP contribution is -2.24. The van der Waals surface area contributed by atoms with Crippen LogP contribution in [-0.4, -0.2) is 23.9 Å². The van der Waals surface area contributed by atoms with E-state index >= 15 is 0 Å². The molecular weight excluding hydrogens is 316 g/mol. The van der Waals surface area contributed by atoms with E-state index in [-0.39, 0.29) is 23.4 Å². The van der Waals surface area contributed by atoms with Crippen molar-refractivity contribution >= 4 is 23.3 Å². The van der Waals surface area contributed by atoms with Crippen LogP contribution in [0.1, 0.15) is 15.9 Å². The molecule has 1 N–H and O–H groups in total. The topological polar surface area (TPSA) is 122 Å². The molecule has 0 unspecified atom stereocenters. The zero-order valence-corrected chi connectivity index (χ0v) is 12.6. The minimum Gasteiger partial charge on any atom is -0.550 e. The fourth-order valence-electron chi connectivity index (χ4n) is 2.05. The summed E-state index contributed by atoms with van der Waals surface area (Å²) in [5.41, 5.74) is 0.754. The summed E-state index contributed by atoms with van der Waals surface area (Å²) in [5.74, 6) is -1.67. The van der Waals surface area contributed by atoms with Gasteiger partial charge in [0.2, 0.25) is 0 Å². The normalized spacial score (nSPS) is 10.0. The molecule has 0 aliphatic rings. The Bertz CT molecular complexity index is 786. The van der Waals surface area contributed by atoms with E-state index in [1.807, 2.05) is 0 Å². The molecule has 2 aromatic carbocycles. The van der Waals surface area contributed by atoms with E-state index < -0.39 is 16.8 Å². The molecule has 0 aliphatic heterocycles. The number of hydrogen-bond donors (Lipinski definition) is 1. The van der Waals surface area contributed by atoms with E-state index in [0.29, 0.717) is 11.3 Å². The van der Waals surface area contributed by atoms with Crippen molar-refractivity contribution in [1.29, 1.82) is 0 Å². The van der Waals surface area contributed by atoms with Gasteiger partial charge in [-0.05, 0) is 29.8 Å². The van der Waals surface area contributed by atoms with Crippen LogP contribution in [0.2, 0.25) is 0 Å². The minimum atomic E-state index is -1.20. The molecule has 0 heterocycles. The molecule has 0 spiro atoms. The van der Waals surface area contributed by atoms with Gasteiger partial charge in [-0.3, -0.25) is 14.9 Å². The SMILES string of the molecule is COc1ccc(C(=O)Nc2ccc(CC(=O)[O-])cc2)cc1[N+](=O)[O-]. The van der Waals surface area contributed by atoms with Gasteiger partial charge in [0.15, 0.2) is 5.75 Å². The molecule has 2 rings (SSSR count). The van der Waals surface area contributed by atoms with Gasteiger partial charge in [-0.25, -0.2) is 0 Å². The number of methoxy groups -OCH3 is 1. The van der Waals surface area contributed by atoms with Crippen molar-refractivity contribution in [2.75, 3.05) is 12.4 Å². The van der Waals surface area contributed by atoms with Crippen LogP contribution < -0.4 is 15.2 Å². The van der Waals surface area contributed by atoms with Crippen LogP contribution in [0, 0.1) is 10.1 Å². The highest BCUT2D eigenvalue weighted by molar-refractivity contribution is 6.04. The van der Waals surface area contributed by atoms with Crippen molar-refractivity contribution in [3.05, 3.63) is 63.7 Å². The van der Waals surface area contributed by atoms with Gasteiger partial charge >= 0.3 is 5.69 Å². The van der Waals surface area contributed by atoms with Gasteiger partial charge in [0.05, 0.1) is 12.0 Å². The number of carbonyl (C=O) groups is 2. The largest absolute Gasteiger partial charge is 0.550 e. The summed E-state index contributed by atoms with van der Waals surface area (Å²) in [4.78, 5) is 33.0. The number of carboxylic acid groups (broad SMARTS) is 1. The van der Waals surface area contributed by atoms with Gasteiger partial charge in [0.25, 0.3) is 5.91 Å². The smallest absolute Gasteiger partial charge is 0.311 e. The van der Waals surface area contributed by atoms with Gasteiger partial charge in [-0.1, -0.05) is 12.1 Å². The lowest BCUT2D eigenvalue weighted by molar-refractivity contribution is -0.385. The van der Waals surface area contributed by atoms with Crippen molar-refractivity contribution < 1.29 is 24.4 Å². The predicted octanol–water partition coefficient (Wildman–Crippen LogP) is 1.15. The number of nitrogens with zero attached hydrogens (tertiary/aromatic N) is 1. The Morgan fingerprint density at radius 1 is 1.17 bits per heavy atom. The molecule has 0 radical (unpaired) electrons. The summed E-state index contributed by atoms with van der Waals surface area (Å²) in [6.45, 7) is 0. The third kappa shape index (κ3) is 4.07. The molecule has 0 aromatic heterocycles. The maximum Gasteiger partial charge on any atom is 0.311 e. The number of carboxylic acids is 1. The van der Waals surface area contributed by atoms with Crippen molar-refractivity contribution in [3.8, 4) is 5.75 Å². The predicted molar refractivity (Wildman–Crippen MR) is 82.8 cm³/mol. The highest BCUT2D eigenvalue weighted by Gasteiger charge is 2.18. The molecule has 0 aliphatic carbocycles. The number of aliphatic carboxylic acids is 1. The summed E-state index contributed by atoms with van der Waals surface area (Å²) >= 11 is 0. The molecule has 8 heteroatoms. The molecule has 0 saturated carbocycles. The fourth-order valence-corrected chi connectivity index (χ4v) is 2.05. The minimum absolute atomic E-state index is 0.0585. The Morgan fingerprint density at radius 2 is 1.83 bits per heavy atom.